The van der Waals surface area contributed by atoms with Crippen LogP contribution in [0.3, 0.4) is 0 Å². The van der Waals surface area contributed by atoms with Crippen LogP contribution in [0.1, 0.15) is 32.1 Å². The maximum absolute atomic E-state index is 12.7. The first-order chi connectivity index (χ1) is 11.2. The van der Waals surface area contributed by atoms with Crippen LogP contribution in [-0.2, 0) is 16.1 Å². The lowest BCUT2D eigenvalue weighted by Gasteiger charge is -2.36. The molecule has 1 fully saturated rings. The third-order valence-corrected chi connectivity index (χ3v) is 4.34. The van der Waals surface area contributed by atoms with Crippen molar-refractivity contribution in [1.29, 1.82) is 0 Å². The summed E-state index contributed by atoms with van der Waals surface area (Å²) < 4.78 is 11.5. The summed E-state index contributed by atoms with van der Waals surface area (Å²) in [4.78, 5) is 26.8. The molecule has 0 saturated carbocycles. The molecule has 0 bridgehead atoms. The van der Waals surface area contributed by atoms with E-state index in [1.807, 2.05) is 4.90 Å². The van der Waals surface area contributed by atoms with Crippen LogP contribution in [0.2, 0.25) is 0 Å². The number of carbonyl (C=O) groups excluding carboxylic acids is 1. The van der Waals surface area contributed by atoms with E-state index in [4.69, 9.17) is 9.47 Å². The van der Waals surface area contributed by atoms with Crippen molar-refractivity contribution >= 4 is 5.91 Å². The molecule has 1 aliphatic heterocycles. The van der Waals surface area contributed by atoms with Gasteiger partial charge in [0.1, 0.15) is 6.54 Å². The predicted molar refractivity (Wildman–Crippen MR) is 87.7 cm³/mol. The average Bonchev–Trinajstić information content (AvgIpc) is 2.57. The Labute approximate surface area is 137 Å². The Balaban J connectivity index is 2.04. The molecule has 0 radical (unpaired) electrons. The zero-order valence-electron chi connectivity index (χ0n) is 14.0. The summed E-state index contributed by atoms with van der Waals surface area (Å²) in [6, 6.07) is 3.59. The number of rotatable bonds is 7. The Bertz CT molecular complexity index is 570. The lowest BCUT2D eigenvalue weighted by molar-refractivity contribution is -0.135. The number of methoxy groups -OCH3 is 2. The first-order valence-corrected chi connectivity index (χ1v) is 8.19. The van der Waals surface area contributed by atoms with E-state index >= 15 is 0 Å². The van der Waals surface area contributed by atoms with Crippen molar-refractivity contribution in [2.24, 2.45) is 0 Å². The molecule has 2 rings (SSSR count). The van der Waals surface area contributed by atoms with Gasteiger partial charge in [-0.2, -0.15) is 0 Å². The lowest BCUT2D eigenvalue weighted by Crippen LogP contribution is -2.46. The molecule has 6 heteroatoms. The molecule has 2 heterocycles. The number of aromatic nitrogens is 1. The summed E-state index contributed by atoms with van der Waals surface area (Å²) in [7, 11) is 3.15. The molecule has 1 aromatic heterocycles. The number of hydrogen-bond donors (Lipinski definition) is 0. The largest absolute Gasteiger partial charge is 0.491 e. The SMILES string of the molecule is COCCC[C@H]1CCCCN1C(=O)Cn1cccc(OC)c1=O. The molecular formula is C17H26N2O4. The van der Waals surface area contributed by atoms with Crippen molar-refractivity contribution in [3.63, 3.8) is 0 Å². The van der Waals surface area contributed by atoms with Gasteiger partial charge in [-0.15, -0.1) is 0 Å². The van der Waals surface area contributed by atoms with Crippen molar-refractivity contribution in [2.45, 2.75) is 44.7 Å². The number of ether oxygens (including phenoxy) is 2. The summed E-state index contributed by atoms with van der Waals surface area (Å²) in [6.45, 7) is 1.56. The van der Waals surface area contributed by atoms with Crippen molar-refractivity contribution in [1.82, 2.24) is 9.47 Å². The molecule has 23 heavy (non-hydrogen) atoms. The van der Waals surface area contributed by atoms with Gasteiger partial charge in [0.15, 0.2) is 5.75 Å². The highest BCUT2D eigenvalue weighted by molar-refractivity contribution is 5.76. The molecule has 1 atom stereocenters. The van der Waals surface area contributed by atoms with Crippen LogP contribution in [0.4, 0.5) is 0 Å². The highest BCUT2D eigenvalue weighted by Gasteiger charge is 2.26. The smallest absolute Gasteiger partial charge is 0.293 e. The van der Waals surface area contributed by atoms with Gasteiger partial charge in [0, 0.05) is 32.5 Å². The van der Waals surface area contributed by atoms with E-state index in [-0.39, 0.29) is 29.8 Å². The molecule has 1 saturated heterocycles. The van der Waals surface area contributed by atoms with Crippen LogP contribution in [0, 0.1) is 0 Å². The number of likely N-dealkylation sites (tertiary alicyclic amines) is 1. The summed E-state index contributed by atoms with van der Waals surface area (Å²) in [5.41, 5.74) is -0.267. The maximum atomic E-state index is 12.7. The third kappa shape index (κ3) is 4.58. The van der Waals surface area contributed by atoms with Gasteiger partial charge < -0.3 is 18.9 Å². The van der Waals surface area contributed by atoms with Gasteiger partial charge >= 0.3 is 0 Å². The van der Waals surface area contributed by atoms with Crippen LogP contribution in [0.25, 0.3) is 0 Å². The predicted octanol–water partition coefficient (Wildman–Crippen LogP) is 1.66. The van der Waals surface area contributed by atoms with Gasteiger partial charge in [0.2, 0.25) is 5.91 Å². The van der Waals surface area contributed by atoms with Crippen LogP contribution >= 0.6 is 0 Å². The Hall–Kier alpha value is -1.82. The topological polar surface area (TPSA) is 60.8 Å². The molecule has 0 unspecified atom stereocenters. The van der Waals surface area contributed by atoms with Crippen molar-refractivity contribution in [3.05, 3.63) is 28.7 Å². The first kappa shape index (κ1) is 17.5. The Morgan fingerprint density at radius 2 is 2.17 bits per heavy atom. The van der Waals surface area contributed by atoms with Crippen molar-refractivity contribution in [2.75, 3.05) is 27.4 Å². The molecule has 128 valence electrons. The van der Waals surface area contributed by atoms with Gasteiger partial charge in [-0.1, -0.05) is 0 Å². The second-order valence-electron chi connectivity index (χ2n) is 5.88. The summed E-state index contributed by atoms with van der Waals surface area (Å²) in [5.74, 6) is 0.262. The van der Waals surface area contributed by atoms with Gasteiger partial charge in [0.25, 0.3) is 5.56 Å². The molecule has 0 aromatic carbocycles. The number of nitrogens with zero attached hydrogens (tertiary/aromatic N) is 2. The minimum atomic E-state index is -0.267. The normalized spacial score (nSPS) is 18.0. The maximum Gasteiger partial charge on any atom is 0.293 e. The van der Waals surface area contributed by atoms with Crippen LogP contribution in [0.5, 0.6) is 5.75 Å². The lowest BCUT2D eigenvalue weighted by atomic mass is 9.98. The minimum absolute atomic E-state index is 0.00229. The first-order valence-electron chi connectivity index (χ1n) is 8.19. The minimum Gasteiger partial charge on any atom is -0.491 e. The molecule has 1 amide bonds. The molecule has 0 N–H and O–H groups in total. The van der Waals surface area contributed by atoms with Crippen molar-refractivity contribution < 1.29 is 14.3 Å². The number of hydrogen-bond acceptors (Lipinski definition) is 4. The number of carbonyl (C=O) groups is 1. The third-order valence-electron chi connectivity index (χ3n) is 4.34. The van der Waals surface area contributed by atoms with E-state index in [1.165, 1.54) is 11.7 Å². The molecule has 6 nitrogen and oxygen atoms in total. The average molecular weight is 322 g/mol. The van der Waals surface area contributed by atoms with Gasteiger partial charge in [-0.3, -0.25) is 9.59 Å². The van der Waals surface area contributed by atoms with Crippen LogP contribution in [-0.4, -0.2) is 48.8 Å². The Morgan fingerprint density at radius 3 is 2.91 bits per heavy atom. The highest BCUT2D eigenvalue weighted by Crippen LogP contribution is 2.21. The molecular weight excluding hydrogens is 296 g/mol. The van der Waals surface area contributed by atoms with Crippen LogP contribution < -0.4 is 10.3 Å². The van der Waals surface area contributed by atoms with Gasteiger partial charge in [-0.05, 0) is 44.2 Å². The zero-order chi connectivity index (χ0) is 16.7. The number of pyridine rings is 1. The highest BCUT2D eigenvalue weighted by atomic mass is 16.5. The number of amides is 1. The van der Waals surface area contributed by atoms with E-state index in [9.17, 15) is 9.59 Å². The van der Waals surface area contributed by atoms with Gasteiger partial charge in [0.05, 0.1) is 7.11 Å². The van der Waals surface area contributed by atoms with E-state index in [0.29, 0.717) is 6.61 Å². The summed E-state index contributed by atoms with van der Waals surface area (Å²) >= 11 is 0. The van der Waals surface area contributed by atoms with E-state index < -0.39 is 0 Å². The molecule has 1 aromatic rings. The van der Waals surface area contributed by atoms with E-state index in [1.54, 1.807) is 25.4 Å². The monoisotopic (exact) mass is 322 g/mol. The fourth-order valence-electron chi connectivity index (χ4n) is 3.12. The standard InChI is InChI=1S/C17H26N2O4/c1-22-12-6-8-14-7-3-4-11-19(14)16(20)13-18-10-5-9-15(23-2)17(18)21/h5,9-10,14H,3-4,6-8,11-13H2,1-2H3/t14-/m1/s1. The molecule has 1 aliphatic rings. The fourth-order valence-corrected chi connectivity index (χ4v) is 3.12. The van der Waals surface area contributed by atoms with Crippen LogP contribution in [0.15, 0.2) is 23.1 Å². The van der Waals surface area contributed by atoms with Gasteiger partial charge in [-0.25, -0.2) is 0 Å². The number of piperidine rings is 1. The second-order valence-corrected chi connectivity index (χ2v) is 5.88. The summed E-state index contributed by atoms with van der Waals surface area (Å²) in [6.07, 6.45) is 6.74. The van der Waals surface area contributed by atoms with E-state index in [0.717, 1.165) is 38.6 Å². The van der Waals surface area contributed by atoms with Crippen molar-refractivity contribution in [3.8, 4) is 5.75 Å². The fraction of sp³-hybridized carbons (Fsp3) is 0.647. The Morgan fingerprint density at radius 1 is 1.35 bits per heavy atom. The molecule has 0 spiro atoms. The van der Waals surface area contributed by atoms with E-state index in [2.05, 4.69) is 0 Å². The summed E-state index contributed by atoms with van der Waals surface area (Å²) in [5, 5.41) is 0. The zero-order valence-corrected chi connectivity index (χ0v) is 14.0. The molecule has 0 aliphatic carbocycles. The second kappa shape index (κ2) is 8.72. The quantitative estimate of drug-likeness (QED) is 0.717. The Kier molecular flexibility index (Phi) is 6.65.